The van der Waals surface area contributed by atoms with Gasteiger partial charge in [-0.1, -0.05) is 13.0 Å². The van der Waals surface area contributed by atoms with Crippen LogP contribution in [0.5, 0.6) is 0 Å². The molecule has 1 aliphatic heterocycles. The molecule has 1 fully saturated rings. The molecule has 0 bridgehead atoms. The zero-order valence-corrected chi connectivity index (χ0v) is 20.4. The van der Waals surface area contributed by atoms with E-state index in [2.05, 4.69) is 37.5 Å². The number of aromatic nitrogens is 2. The number of halogens is 1. The van der Waals surface area contributed by atoms with Crippen LogP contribution in [0.1, 0.15) is 58.7 Å². The third-order valence-corrected chi connectivity index (χ3v) is 6.29. The third-order valence-electron chi connectivity index (χ3n) is 6.29. The van der Waals surface area contributed by atoms with Crippen molar-refractivity contribution in [1.82, 2.24) is 19.6 Å². The van der Waals surface area contributed by atoms with Gasteiger partial charge in [0.2, 0.25) is 5.91 Å². The highest BCUT2D eigenvalue weighted by molar-refractivity contribution is 5.76. The summed E-state index contributed by atoms with van der Waals surface area (Å²) >= 11 is 0. The molecule has 0 atom stereocenters. The van der Waals surface area contributed by atoms with E-state index >= 15 is 0 Å². The van der Waals surface area contributed by atoms with Crippen molar-refractivity contribution in [2.75, 3.05) is 31.1 Å². The molecule has 0 spiro atoms. The number of nitrogens with zero attached hydrogens (tertiary/aromatic N) is 5. The van der Waals surface area contributed by atoms with Crippen LogP contribution in [0, 0.1) is 12.7 Å². The van der Waals surface area contributed by atoms with Crippen molar-refractivity contribution in [3.05, 3.63) is 41.3 Å². The lowest BCUT2D eigenvalue weighted by Crippen LogP contribution is -2.49. The molecule has 1 saturated heterocycles. The molecule has 1 aromatic carbocycles. The van der Waals surface area contributed by atoms with Crippen molar-refractivity contribution >= 4 is 11.7 Å². The summed E-state index contributed by atoms with van der Waals surface area (Å²) in [5.74, 6) is 0.858. The largest absolute Gasteiger partial charge is 0.354 e. The first-order chi connectivity index (χ1) is 15.2. The number of benzene rings is 1. The topological polar surface area (TPSA) is 44.6 Å². The summed E-state index contributed by atoms with van der Waals surface area (Å²) in [4.78, 5) is 19.6. The summed E-state index contributed by atoms with van der Waals surface area (Å²) in [5, 5.41) is 4.83. The standard InChI is InChI=1S/C25H38FN5O/c1-7-9-24(32)30(19(4)5)17-23-20(6)27-31(22-11-8-10-21(26)16-22)25(23)29-14-12-28(13-15-29)18(2)3/h8,10-11,16,18-19H,7,9,12-15,17H2,1-6H3. The number of anilines is 1. The molecule has 1 amide bonds. The fourth-order valence-corrected chi connectivity index (χ4v) is 4.38. The van der Waals surface area contributed by atoms with Crippen LogP contribution in [0.25, 0.3) is 5.69 Å². The van der Waals surface area contributed by atoms with Gasteiger partial charge in [0.15, 0.2) is 0 Å². The number of aryl methyl sites for hydroxylation is 1. The molecular formula is C25H38FN5O. The van der Waals surface area contributed by atoms with Gasteiger partial charge in [-0.2, -0.15) is 5.10 Å². The lowest BCUT2D eigenvalue weighted by atomic mass is 10.1. The fourth-order valence-electron chi connectivity index (χ4n) is 4.38. The molecule has 176 valence electrons. The van der Waals surface area contributed by atoms with Crippen LogP contribution < -0.4 is 4.90 Å². The van der Waals surface area contributed by atoms with Crippen LogP contribution in [0.3, 0.4) is 0 Å². The number of hydrogen-bond donors (Lipinski definition) is 0. The van der Waals surface area contributed by atoms with Crippen molar-refractivity contribution in [3.63, 3.8) is 0 Å². The Hall–Kier alpha value is -2.41. The number of rotatable bonds is 8. The predicted octanol–water partition coefficient (Wildman–Crippen LogP) is 4.39. The number of carbonyl (C=O) groups is 1. The Kier molecular flexibility index (Phi) is 7.93. The van der Waals surface area contributed by atoms with E-state index in [0.29, 0.717) is 24.7 Å². The average Bonchev–Trinajstić information content (AvgIpc) is 3.08. The Morgan fingerprint density at radius 3 is 2.41 bits per heavy atom. The Labute approximate surface area is 192 Å². The second-order valence-electron chi connectivity index (χ2n) is 9.26. The fraction of sp³-hybridized carbons (Fsp3) is 0.600. The monoisotopic (exact) mass is 443 g/mol. The first-order valence-corrected chi connectivity index (χ1v) is 11.9. The van der Waals surface area contributed by atoms with Crippen LogP contribution in [0.4, 0.5) is 10.2 Å². The Balaban J connectivity index is 2.03. The van der Waals surface area contributed by atoms with Gasteiger partial charge >= 0.3 is 0 Å². The van der Waals surface area contributed by atoms with E-state index in [9.17, 15) is 9.18 Å². The molecule has 3 rings (SSSR count). The van der Waals surface area contributed by atoms with Gasteiger partial charge < -0.3 is 9.80 Å². The number of amides is 1. The molecule has 0 N–H and O–H groups in total. The second-order valence-corrected chi connectivity index (χ2v) is 9.26. The average molecular weight is 444 g/mol. The molecule has 32 heavy (non-hydrogen) atoms. The van der Waals surface area contributed by atoms with Gasteiger partial charge in [0.1, 0.15) is 11.6 Å². The highest BCUT2D eigenvalue weighted by atomic mass is 19.1. The number of piperazine rings is 1. The zero-order valence-electron chi connectivity index (χ0n) is 20.4. The van der Waals surface area contributed by atoms with Crippen LogP contribution in [0.2, 0.25) is 0 Å². The maximum Gasteiger partial charge on any atom is 0.223 e. The van der Waals surface area contributed by atoms with E-state index in [4.69, 9.17) is 5.10 Å². The highest BCUT2D eigenvalue weighted by Crippen LogP contribution is 2.31. The van der Waals surface area contributed by atoms with Crippen molar-refractivity contribution in [3.8, 4) is 5.69 Å². The molecule has 7 heteroatoms. The van der Waals surface area contributed by atoms with Crippen molar-refractivity contribution in [1.29, 1.82) is 0 Å². The zero-order chi connectivity index (χ0) is 23.4. The lowest BCUT2D eigenvalue weighted by molar-refractivity contribution is -0.133. The van der Waals surface area contributed by atoms with Gasteiger partial charge in [-0.3, -0.25) is 9.69 Å². The van der Waals surface area contributed by atoms with Gasteiger partial charge in [0.05, 0.1) is 17.9 Å². The summed E-state index contributed by atoms with van der Waals surface area (Å²) in [7, 11) is 0. The quantitative estimate of drug-likeness (QED) is 0.607. The van der Waals surface area contributed by atoms with E-state index in [1.165, 1.54) is 12.1 Å². The number of carbonyl (C=O) groups excluding carboxylic acids is 1. The first kappa shape index (κ1) is 24.2. The Bertz CT molecular complexity index is 915. The maximum atomic E-state index is 14.1. The molecule has 0 saturated carbocycles. The van der Waals surface area contributed by atoms with Crippen molar-refractivity contribution in [2.45, 2.75) is 73.0 Å². The summed E-state index contributed by atoms with van der Waals surface area (Å²) in [6.07, 6.45) is 1.37. The number of hydrogen-bond acceptors (Lipinski definition) is 4. The predicted molar refractivity (Wildman–Crippen MR) is 128 cm³/mol. The summed E-state index contributed by atoms with van der Waals surface area (Å²) in [5.41, 5.74) is 2.63. The molecule has 2 heterocycles. The van der Waals surface area contributed by atoms with Gasteiger partial charge in [-0.15, -0.1) is 0 Å². The molecule has 2 aromatic rings. The van der Waals surface area contributed by atoms with Crippen LogP contribution >= 0.6 is 0 Å². The normalized spacial score (nSPS) is 15.1. The van der Waals surface area contributed by atoms with Gasteiger partial charge in [-0.05, 0) is 59.2 Å². The molecule has 1 aliphatic rings. The minimum absolute atomic E-state index is 0.0941. The van der Waals surface area contributed by atoms with E-state index in [-0.39, 0.29) is 17.8 Å². The van der Waals surface area contributed by atoms with Crippen LogP contribution in [0.15, 0.2) is 24.3 Å². The summed E-state index contributed by atoms with van der Waals surface area (Å²) in [6.45, 7) is 16.8. The van der Waals surface area contributed by atoms with E-state index in [1.54, 1.807) is 6.07 Å². The molecule has 0 unspecified atom stereocenters. The second kappa shape index (κ2) is 10.5. The van der Waals surface area contributed by atoms with E-state index < -0.39 is 0 Å². The van der Waals surface area contributed by atoms with Crippen molar-refractivity contribution in [2.24, 2.45) is 0 Å². The SMILES string of the molecule is CCCC(=O)N(Cc1c(C)nn(-c2cccc(F)c2)c1N1CCN(C(C)C)CC1)C(C)C. The minimum atomic E-state index is -0.283. The first-order valence-electron chi connectivity index (χ1n) is 11.9. The summed E-state index contributed by atoms with van der Waals surface area (Å²) in [6, 6.07) is 7.17. The third kappa shape index (κ3) is 5.31. The molecule has 6 nitrogen and oxygen atoms in total. The highest BCUT2D eigenvalue weighted by Gasteiger charge is 2.29. The molecule has 0 aliphatic carbocycles. The maximum absolute atomic E-state index is 14.1. The molecular weight excluding hydrogens is 405 g/mol. The van der Waals surface area contributed by atoms with Gasteiger partial charge in [0, 0.05) is 50.2 Å². The van der Waals surface area contributed by atoms with Crippen LogP contribution in [-0.2, 0) is 11.3 Å². The Morgan fingerprint density at radius 2 is 1.84 bits per heavy atom. The molecule has 1 aromatic heterocycles. The van der Waals surface area contributed by atoms with E-state index in [1.807, 2.05) is 29.5 Å². The lowest BCUT2D eigenvalue weighted by Gasteiger charge is -2.39. The minimum Gasteiger partial charge on any atom is -0.354 e. The molecule has 0 radical (unpaired) electrons. The van der Waals surface area contributed by atoms with Crippen molar-refractivity contribution < 1.29 is 9.18 Å². The summed E-state index contributed by atoms with van der Waals surface area (Å²) < 4.78 is 15.9. The smallest absolute Gasteiger partial charge is 0.223 e. The Morgan fingerprint density at radius 1 is 1.16 bits per heavy atom. The van der Waals surface area contributed by atoms with Gasteiger partial charge in [-0.25, -0.2) is 9.07 Å². The van der Waals surface area contributed by atoms with Gasteiger partial charge in [0.25, 0.3) is 0 Å². The van der Waals surface area contributed by atoms with E-state index in [0.717, 1.165) is 49.7 Å². The van der Waals surface area contributed by atoms with Crippen LogP contribution in [-0.4, -0.2) is 63.8 Å².